The summed E-state index contributed by atoms with van der Waals surface area (Å²) in [5.74, 6) is 0.934. The van der Waals surface area contributed by atoms with E-state index in [1.165, 1.54) is 32.7 Å². The first-order valence-corrected chi connectivity index (χ1v) is 8.64. The van der Waals surface area contributed by atoms with Gasteiger partial charge in [-0.05, 0) is 57.9 Å². The minimum absolute atomic E-state index is 0.312. The summed E-state index contributed by atoms with van der Waals surface area (Å²) >= 11 is 0. The van der Waals surface area contributed by atoms with Crippen molar-refractivity contribution in [3.63, 3.8) is 0 Å². The van der Waals surface area contributed by atoms with Gasteiger partial charge in [-0.15, -0.1) is 0 Å². The molecule has 0 amide bonds. The van der Waals surface area contributed by atoms with Crippen LogP contribution in [0.15, 0.2) is 42.5 Å². The largest absolute Gasteiger partial charge is 0.294 e. The van der Waals surface area contributed by atoms with Gasteiger partial charge in [-0.2, -0.15) is 0 Å². The fraction of sp³-hybridized carbons (Fsp3) is 0.318. The van der Waals surface area contributed by atoms with Crippen LogP contribution < -0.4 is 0 Å². The normalized spacial score (nSPS) is 14.7. The number of ketones is 1. The molecule has 4 rings (SSSR count). The van der Waals surface area contributed by atoms with Crippen molar-refractivity contribution in [2.75, 3.05) is 0 Å². The van der Waals surface area contributed by atoms with Crippen LogP contribution in [-0.2, 0) is 12.8 Å². The monoisotopic (exact) mass is 302 g/mol. The maximum atomic E-state index is 12.3. The lowest BCUT2D eigenvalue weighted by Crippen LogP contribution is -2.11. The summed E-state index contributed by atoms with van der Waals surface area (Å²) in [6.07, 6.45) is 3.79. The molecule has 0 saturated heterocycles. The van der Waals surface area contributed by atoms with E-state index in [9.17, 15) is 4.79 Å². The Labute approximate surface area is 137 Å². The zero-order chi connectivity index (χ0) is 16.0. The molecule has 0 N–H and O–H groups in total. The Balaban J connectivity index is 2.10. The fourth-order valence-corrected chi connectivity index (χ4v) is 4.01. The van der Waals surface area contributed by atoms with E-state index < -0.39 is 0 Å². The lowest BCUT2D eigenvalue weighted by atomic mass is 9.84. The topological polar surface area (TPSA) is 17.1 Å². The van der Waals surface area contributed by atoms with Gasteiger partial charge in [0, 0.05) is 12.0 Å². The maximum Gasteiger partial charge on any atom is 0.163 e. The van der Waals surface area contributed by atoms with Crippen LogP contribution in [0.4, 0.5) is 0 Å². The average Bonchev–Trinajstić information content (AvgIpc) is 2.55. The quantitative estimate of drug-likeness (QED) is 0.554. The summed E-state index contributed by atoms with van der Waals surface area (Å²) in [6, 6.07) is 15.3. The number of Topliss-reactive ketones (excluding diaryl/α,β-unsaturated/α-hetero) is 1. The lowest BCUT2D eigenvalue weighted by molar-refractivity contribution is 0.0973. The van der Waals surface area contributed by atoms with Crippen molar-refractivity contribution in [1.82, 2.24) is 0 Å². The van der Waals surface area contributed by atoms with Crippen molar-refractivity contribution in [1.29, 1.82) is 0 Å². The third-order valence-corrected chi connectivity index (χ3v) is 5.00. The van der Waals surface area contributed by atoms with Gasteiger partial charge in [-0.3, -0.25) is 4.79 Å². The second-order valence-corrected chi connectivity index (χ2v) is 7.14. The van der Waals surface area contributed by atoms with E-state index in [0.717, 1.165) is 24.8 Å². The van der Waals surface area contributed by atoms with E-state index in [-0.39, 0.29) is 0 Å². The van der Waals surface area contributed by atoms with Gasteiger partial charge in [-0.25, -0.2) is 0 Å². The number of hydrogen-bond donors (Lipinski definition) is 0. The number of benzene rings is 3. The van der Waals surface area contributed by atoms with Crippen molar-refractivity contribution < 1.29 is 4.79 Å². The van der Waals surface area contributed by atoms with Crippen LogP contribution >= 0.6 is 0 Å². The van der Waals surface area contributed by atoms with Crippen molar-refractivity contribution in [2.45, 2.75) is 39.5 Å². The molecule has 0 spiro atoms. The third-order valence-electron chi connectivity index (χ3n) is 5.00. The second kappa shape index (κ2) is 5.49. The van der Waals surface area contributed by atoms with Crippen LogP contribution in [0.3, 0.4) is 0 Å². The maximum absolute atomic E-state index is 12.3. The van der Waals surface area contributed by atoms with Crippen LogP contribution in [-0.4, -0.2) is 5.78 Å². The first-order chi connectivity index (χ1) is 11.1. The predicted molar refractivity (Wildman–Crippen MR) is 97.3 cm³/mol. The van der Waals surface area contributed by atoms with Gasteiger partial charge in [0.15, 0.2) is 5.78 Å². The van der Waals surface area contributed by atoms with E-state index >= 15 is 0 Å². The number of rotatable bonds is 2. The predicted octanol–water partition coefficient (Wildman–Crippen LogP) is 5.71. The standard InChI is InChI=1S/C22H22O/c1-14(2)12-15-13-21-18-8-5-9-22(23)20(18)11-10-19(21)17-7-4-3-6-16(15)17/h3-4,6-7,10-11,13-14H,5,8-9,12H2,1-2H3. The van der Waals surface area contributed by atoms with E-state index in [2.05, 4.69) is 50.2 Å². The molecule has 0 saturated carbocycles. The van der Waals surface area contributed by atoms with Gasteiger partial charge < -0.3 is 0 Å². The molecule has 3 aromatic rings. The molecular formula is C22H22O. The zero-order valence-corrected chi connectivity index (χ0v) is 13.9. The molecule has 0 heterocycles. The lowest BCUT2D eigenvalue weighted by Gasteiger charge is -2.20. The molecule has 116 valence electrons. The highest BCUT2D eigenvalue weighted by Crippen LogP contribution is 2.35. The van der Waals surface area contributed by atoms with Gasteiger partial charge >= 0.3 is 0 Å². The summed E-state index contributed by atoms with van der Waals surface area (Å²) < 4.78 is 0. The molecule has 0 unspecified atom stereocenters. The third kappa shape index (κ3) is 2.35. The highest BCUT2D eigenvalue weighted by Gasteiger charge is 2.20. The number of fused-ring (bicyclic) bond motifs is 5. The molecule has 1 aliphatic rings. The van der Waals surface area contributed by atoms with Crippen molar-refractivity contribution in [2.24, 2.45) is 5.92 Å². The molecule has 0 aromatic heterocycles. The molecule has 0 radical (unpaired) electrons. The summed E-state index contributed by atoms with van der Waals surface area (Å²) in [4.78, 5) is 12.3. The molecular weight excluding hydrogens is 280 g/mol. The fourth-order valence-electron chi connectivity index (χ4n) is 4.01. The zero-order valence-electron chi connectivity index (χ0n) is 13.9. The Morgan fingerprint density at radius 2 is 1.65 bits per heavy atom. The summed E-state index contributed by atoms with van der Waals surface area (Å²) in [5, 5.41) is 5.27. The van der Waals surface area contributed by atoms with Crippen LogP contribution in [0.25, 0.3) is 21.5 Å². The Bertz CT molecular complexity index is 918. The number of hydrogen-bond acceptors (Lipinski definition) is 1. The molecule has 23 heavy (non-hydrogen) atoms. The van der Waals surface area contributed by atoms with Gasteiger partial charge in [0.25, 0.3) is 0 Å². The van der Waals surface area contributed by atoms with E-state index in [4.69, 9.17) is 0 Å². The summed E-state index contributed by atoms with van der Waals surface area (Å²) in [6.45, 7) is 4.53. The molecule has 0 fully saturated rings. The van der Waals surface area contributed by atoms with Crippen LogP contribution in [0, 0.1) is 5.92 Å². The highest BCUT2D eigenvalue weighted by atomic mass is 16.1. The van der Waals surface area contributed by atoms with Gasteiger partial charge in [0.05, 0.1) is 0 Å². The highest BCUT2D eigenvalue weighted by molar-refractivity contribution is 6.13. The van der Waals surface area contributed by atoms with Crippen molar-refractivity contribution in [3.05, 3.63) is 59.2 Å². The molecule has 1 aliphatic carbocycles. The molecule has 0 bridgehead atoms. The number of aryl methyl sites for hydroxylation is 1. The van der Waals surface area contributed by atoms with Gasteiger partial charge in [-0.1, -0.05) is 56.3 Å². The smallest absolute Gasteiger partial charge is 0.163 e. The van der Waals surface area contributed by atoms with E-state index in [1.54, 1.807) is 0 Å². The number of carbonyl (C=O) groups is 1. The van der Waals surface area contributed by atoms with Crippen LogP contribution in [0.2, 0.25) is 0 Å². The van der Waals surface area contributed by atoms with Gasteiger partial charge in [0.1, 0.15) is 0 Å². The molecule has 0 aliphatic heterocycles. The van der Waals surface area contributed by atoms with Crippen LogP contribution in [0.5, 0.6) is 0 Å². The SMILES string of the molecule is CC(C)Cc1cc2c3c(ccc2c2ccccc12)C(=O)CCC3. The van der Waals surface area contributed by atoms with E-state index in [0.29, 0.717) is 18.1 Å². The first kappa shape index (κ1) is 14.4. The van der Waals surface area contributed by atoms with Gasteiger partial charge in [0.2, 0.25) is 0 Å². The Morgan fingerprint density at radius 3 is 2.43 bits per heavy atom. The Hall–Kier alpha value is -2.15. The molecule has 1 nitrogen and oxygen atoms in total. The van der Waals surface area contributed by atoms with Crippen molar-refractivity contribution >= 4 is 27.3 Å². The molecule has 0 atom stereocenters. The summed E-state index contributed by atoms with van der Waals surface area (Å²) in [7, 11) is 0. The second-order valence-electron chi connectivity index (χ2n) is 7.14. The van der Waals surface area contributed by atoms with Crippen LogP contribution in [0.1, 0.15) is 48.2 Å². The Morgan fingerprint density at radius 1 is 0.913 bits per heavy atom. The summed E-state index contributed by atoms with van der Waals surface area (Å²) in [5.41, 5.74) is 3.64. The molecule has 1 heteroatoms. The Kier molecular flexibility index (Phi) is 3.45. The van der Waals surface area contributed by atoms with Crippen molar-refractivity contribution in [3.8, 4) is 0 Å². The van der Waals surface area contributed by atoms with E-state index in [1.807, 2.05) is 6.07 Å². The number of carbonyl (C=O) groups excluding carboxylic acids is 1. The molecule has 3 aromatic carbocycles. The average molecular weight is 302 g/mol. The first-order valence-electron chi connectivity index (χ1n) is 8.64. The minimum Gasteiger partial charge on any atom is -0.294 e. The minimum atomic E-state index is 0.312.